The maximum Gasteiger partial charge on any atom is 0.119 e. The molecule has 1 aromatic carbocycles. The summed E-state index contributed by atoms with van der Waals surface area (Å²) in [5, 5.41) is 0. The maximum absolute atomic E-state index is 5.59. The van der Waals surface area contributed by atoms with Crippen LogP contribution in [-0.2, 0) is 0 Å². The van der Waals surface area contributed by atoms with Crippen molar-refractivity contribution in [3.8, 4) is 5.75 Å². The van der Waals surface area contributed by atoms with Gasteiger partial charge in [-0.15, -0.1) is 6.58 Å². The molecule has 0 N–H and O–H groups in total. The Labute approximate surface area is 92.8 Å². The Morgan fingerprint density at radius 3 is 2.53 bits per heavy atom. The van der Waals surface area contributed by atoms with E-state index in [1.165, 1.54) is 18.4 Å². The van der Waals surface area contributed by atoms with Gasteiger partial charge in [0.15, 0.2) is 0 Å². The summed E-state index contributed by atoms with van der Waals surface area (Å²) in [6.45, 7) is 6.79. The van der Waals surface area contributed by atoms with Crippen LogP contribution in [0.15, 0.2) is 42.5 Å². The Hall–Kier alpha value is -1.24. The first-order chi connectivity index (χ1) is 7.29. The Morgan fingerprint density at radius 1 is 1.13 bits per heavy atom. The van der Waals surface area contributed by atoms with Crippen molar-refractivity contribution in [1.29, 1.82) is 0 Å². The molecule has 0 amide bonds. The van der Waals surface area contributed by atoms with Crippen molar-refractivity contribution < 1.29 is 4.74 Å². The van der Waals surface area contributed by atoms with Crippen LogP contribution in [0.4, 0.5) is 0 Å². The fourth-order valence-corrected chi connectivity index (χ4v) is 1.41. The first-order valence-electron chi connectivity index (χ1n) is 5.61. The van der Waals surface area contributed by atoms with E-state index in [1.54, 1.807) is 0 Å². The second kappa shape index (κ2) is 7.10. The van der Waals surface area contributed by atoms with E-state index in [0.717, 1.165) is 25.2 Å². The Morgan fingerprint density at radius 2 is 1.87 bits per heavy atom. The van der Waals surface area contributed by atoms with Crippen molar-refractivity contribution in [3.05, 3.63) is 42.5 Å². The SMILES string of the molecule is C=C(C)CCCCCOc1ccccc1. The van der Waals surface area contributed by atoms with Crippen molar-refractivity contribution in [2.75, 3.05) is 6.61 Å². The van der Waals surface area contributed by atoms with Gasteiger partial charge in [0.1, 0.15) is 5.75 Å². The molecule has 0 fully saturated rings. The fourth-order valence-electron chi connectivity index (χ4n) is 1.41. The lowest BCUT2D eigenvalue weighted by molar-refractivity contribution is 0.305. The van der Waals surface area contributed by atoms with Crippen molar-refractivity contribution in [3.63, 3.8) is 0 Å². The number of rotatable bonds is 7. The standard InChI is InChI=1S/C14H20O/c1-13(2)9-5-4-8-12-15-14-10-6-3-7-11-14/h3,6-7,10-11H,1,4-5,8-9,12H2,2H3. The molecular weight excluding hydrogens is 184 g/mol. The lowest BCUT2D eigenvalue weighted by Gasteiger charge is -2.05. The van der Waals surface area contributed by atoms with Crippen LogP contribution in [-0.4, -0.2) is 6.61 Å². The number of allylic oxidation sites excluding steroid dienone is 1. The molecule has 0 radical (unpaired) electrons. The van der Waals surface area contributed by atoms with Gasteiger partial charge < -0.3 is 4.74 Å². The van der Waals surface area contributed by atoms with Crippen LogP contribution in [0.5, 0.6) is 5.75 Å². The molecule has 0 aromatic heterocycles. The summed E-state index contributed by atoms with van der Waals surface area (Å²) in [5.74, 6) is 0.970. The minimum atomic E-state index is 0.820. The molecule has 1 heteroatoms. The van der Waals surface area contributed by atoms with Gasteiger partial charge in [0.05, 0.1) is 6.61 Å². The Kier molecular flexibility index (Phi) is 5.60. The monoisotopic (exact) mass is 204 g/mol. The van der Waals surface area contributed by atoms with Gasteiger partial charge in [0.25, 0.3) is 0 Å². The summed E-state index contributed by atoms with van der Waals surface area (Å²) in [6, 6.07) is 9.98. The van der Waals surface area contributed by atoms with E-state index in [1.807, 2.05) is 30.3 Å². The second-order valence-corrected chi connectivity index (χ2v) is 3.93. The van der Waals surface area contributed by atoms with E-state index in [-0.39, 0.29) is 0 Å². The molecule has 82 valence electrons. The Bertz CT molecular complexity index is 277. The largest absolute Gasteiger partial charge is 0.494 e. The lowest BCUT2D eigenvalue weighted by atomic mass is 10.1. The molecule has 15 heavy (non-hydrogen) atoms. The molecule has 1 nitrogen and oxygen atoms in total. The van der Waals surface area contributed by atoms with Crippen molar-refractivity contribution in [2.24, 2.45) is 0 Å². The zero-order valence-corrected chi connectivity index (χ0v) is 9.54. The number of hydrogen-bond acceptors (Lipinski definition) is 1. The summed E-state index contributed by atoms with van der Waals surface area (Å²) >= 11 is 0. The molecule has 0 aliphatic rings. The van der Waals surface area contributed by atoms with Crippen LogP contribution in [0, 0.1) is 0 Å². The van der Waals surface area contributed by atoms with E-state index < -0.39 is 0 Å². The topological polar surface area (TPSA) is 9.23 Å². The van der Waals surface area contributed by atoms with Gasteiger partial charge in [0, 0.05) is 0 Å². The van der Waals surface area contributed by atoms with Crippen LogP contribution < -0.4 is 4.74 Å². The average molecular weight is 204 g/mol. The minimum Gasteiger partial charge on any atom is -0.494 e. The van der Waals surface area contributed by atoms with Gasteiger partial charge in [0.2, 0.25) is 0 Å². The third-order valence-electron chi connectivity index (χ3n) is 2.26. The number of hydrogen-bond donors (Lipinski definition) is 0. The average Bonchev–Trinajstić information content (AvgIpc) is 2.24. The van der Waals surface area contributed by atoms with E-state index in [9.17, 15) is 0 Å². The van der Waals surface area contributed by atoms with Gasteiger partial charge in [-0.25, -0.2) is 0 Å². The second-order valence-electron chi connectivity index (χ2n) is 3.93. The smallest absolute Gasteiger partial charge is 0.119 e. The molecule has 0 aliphatic heterocycles. The highest BCUT2D eigenvalue weighted by molar-refractivity contribution is 5.20. The third kappa shape index (κ3) is 5.95. The van der Waals surface area contributed by atoms with E-state index in [2.05, 4.69) is 13.5 Å². The van der Waals surface area contributed by atoms with Gasteiger partial charge in [-0.2, -0.15) is 0 Å². The van der Waals surface area contributed by atoms with Gasteiger partial charge in [-0.05, 0) is 44.7 Å². The highest BCUT2D eigenvalue weighted by Crippen LogP contribution is 2.10. The van der Waals surface area contributed by atoms with Gasteiger partial charge in [-0.1, -0.05) is 23.8 Å². The highest BCUT2D eigenvalue weighted by atomic mass is 16.5. The molecule has 0 atom stereocenters. The molecular formula is C14H20O. The van der Waals surface area contributed by atoms with Crippen molar-refractivity contribution in [2.45, 2.75) is 32.6 Å². The van der Waals surface area contributed by atoms with Crippen molar-refractivity contribution >= 4 is 0 Å². The van der Waals surface area contributed by atoms with Crippen LogP contribution in [0.1, 0.15) is 32.6 Å². The zero-order chi connectivity index (χ0) is 10.9. The number of benzene rings is 1. The molecule has 0 spiro atoms. The molecule has 1 rings (SSSR count). The molecule has 0 saturated carbocycles. The van der Waals surface area contributed by atoms with Crippen LogP contribution in [0.25, 0.3) is 0 Å². The maximum atomic E-state index is 5.59. The van der Waals surface area contributed by atoms with Crippen molar-refractivity contribution in [1.82, 2.24) is 0 Å². The highest BCUT2D eigenvalue weighted by Gasteiger charge is 1.92. The van der Waals surface area contributed by atoms with Crippen LogP contribution in [0.2, 0.25) is 0 Å². The van der Waals surface area contributed by atoms with Gasteiger partial charge in [-0.3, -0.25) is 0 Å². The van der Waals surface area contributed by atoms with E-state index >= 15 is 0 Å². The summed E-state index contributed by atoms with van der Waals surface area (Å²) in [4.78, 5) is 0. The molecule has 0 unspecified atom stereocenters. The predicted molar refractivity (Wildman–Crippen MR) is 65.2 cm³/mol. The molecule has 0 heterocycles. The summed E-state index contributed by atoms with van der Waals surface area (Å²) < 4.78 is 5.59. The first kappa shape index (κ1) is 11.8. The number of ether oxygens (including phenoxy) is 1. The summed E-state index contributed by atoms with van der Waals surface area (Å²) in [6.07, 6.45) is 4.72. The lowest BCUT2D eigenvalue weighted by Crippen LogP contribution is -1.96. The van der Waals surface area contributed by atoms with Crippen LogP contribution >= 0.6 is 0 Å². The minimum absolute atomic E-state index is 0.820. The van der Waals surface area contributed by atoms with E-state index in [0.29, 0.717) is 0 Å². The number of para-hydroxylation sites is 1. The molecule has 0 bridgehead atoms. The normalized spacial score (nSPS) is 9.93. The molecule has 0 saturated heterocycles. The fraction of sp³-hybridized carbons (Fsp3) is 0.429. The molecule has 0 aliphatic carbocycles. The zero-order valence-electron chi connectivity index (χ0n) is 9.54. The quantitative estimate of drug-likeness (QED) is 0.477. The van der Waals surface area contributed by atoms with E-state index in [4.69, 9.17) is 4.74 Å². The molecule has 1 aromatic rings. The first-order valence-corrected chi connectivity index (χ1v) is 5.61. The summed E-state index contributed by atoms with van der Waals surface area (Å²) in [5.41, 5.74) is 1.28. The van der Waals surface area contributed by atoms with Crippen LogP contribution in [0.3, 0.4) is 0 Å². The summed E-state index contributed by atoms with van der Waals surface area (Å²) in [7, 11) is 0. The Balaban J connectivity index is 2.00. The predicted octanol–water partition coefficient (Wildman–Crippen LogP) is 4.20. The van der Waals surface area contributed by atoms with Gasteiger partial charge >= 0.3 is 0 Å². The third-order valence-corrected chi connectivity index (χ3v) is 2.26. The number of unbranched alkanes of at least 4 members (excludes halogenated alkanes) is 2.